The maximum atomic E-state index is 13.0. The van der Waals surface area contributed by atoms with E-state index in [4.69, 9.17) is 4.74 Å². The molecule has 1 aliphatic rings. The summed E-state index contributed by atoms with van der Waals surface area (Å²) >= 11 is 0. The van der Waals surface area contributed by atoms with Crippen molar-refractivity contribution < 1.29 is 14.3 Å². The molecule has 23 heavy (non-hydrogen) atoms. The molecule has 1 saturated heterocycles. The third-order valence-electron chi connectivity index (χ3n) is 4.44. The van der Waals surface area contributed by atoms with Gasteiger partial charge in [-0.3, -0.25) is 9.69 Å². The number of nitrogens with zero attached hydrogens (tertiary/aromatic N) is 1. The minimum atomic E-state index is -0.965. The lowest BCUT2D eigenvalue weighted by atomic mass is 9.96. The number of carbonyl (C=O) groups is 2. The summed E-state index contributed by atoms with van der Waals surface area (Å²) in [5, 5.41) is 0. The number of benzene rings is 2. The van der Waals surface area contributed by atoms with E-state index in [1.165, 1.54) is 0 Å². The molecule has 1 heterocycles. The van der Waals surface area contributed by atoms with Crippen LogP contribution in [0.15, 0.2) is 60.7 Å². The fraction of sp³-hybridized carbons (Fsp3) is 0.263. The number of cyclic esters (lactones) is 1. The van der Waals surface area contributed by atoms with Crippen LogP contribution in [0, 0.1) is 0 Å². The SMILES string of the molecule is CC[C@@]1(C)C(=O)OC(c2ccccc2)N1C(=O)c1ccccc1. The highest BCUT2D eigenvalue weighted by Crippen LogP contribution is 2.40. The molecular weight excluding hydrogens is 290 g/mol. The van der Waals surface area contributed by atoms with Gasteiger partial charge in [-0.2, -0.15) is 0 Å². The minimum absolute atomic E-state index is 0.199. The summed E-state index contributed by atoms with van der Waals surface area (Å²) in [7, 11) is 0. The second-order valence-electron chi connectivity index (χ2n) is 5.84. The Labute approximate surface area is 135 Å². The van der Waals surface area contributed by atoms with Crippen LogP contribution in [0.1, 0.15) is 42.4 Å². The number of hydrogen-bond donors (Lipinski definition) is 0. The van der Waals surface area contributed by atoms with Gasteiger partial charge < -0.3 is 4.74 Å². The molecule has 2 aromatic carbocycles. The summed E-state index contributed by atoms with van der Waals surface area (Å²) in [4.78, 5) is 27.1. The van der Waals surface area contributed by atoms with Gasteiger partial charge in [-0.05, 0) is 25.5 Å². The van der Waals surface area contributed by atoms with E-state index in [2.05, 4.69) is 0 Å². The van der Waals surface area contributed by atoms with Gasteiger partial charge in [0.1, 0.15) is 5.54 Å². The highest BCUT2D eigenvalue weighted by molar-refractivity contribution is 5.99. The predicted octanol–water partition coefficient (Wildman–Crippen LogP) is 3.55. The van der Waals surface area contributed by atoms with E-state index < -0.39 is 11.8 Å². The summed E-state index contributed by atoms with van der Waals surface area (Å²) in [6, 6.07) is 18.4. The van der Waals surface area contributed by atoms with Gasteiger partial charge in [0.2, 0.25) is 6.23 Å². The van der Waals surface area contributed by atoms with Crippen molar-refractivity contribution >= 4 is 11.9 Å². The van der Waals surface area contributed by atoms with Crippen LogP contribution in [0.2, 0.25) is 0 Å². The maximum Gasteiger partial charge on any atom is 0.334 e. The van der Waals surface area contributed by atoms with Crippen LogP contribution in [-0.2, 0) is 9.53 Å². The number of amides is 1. The van der Waals surface area contributed by atoms with Gasteiger partial charge in [-0.25, -0.2) is 4.79 Å². The predicted molar refractivity (Wildman–Crippen MR) is 86.6 cm³/mol. The summed E-state index contributed by atoms with van der Waals surface area (Å²) in [6.07, 6.45) is -0.199. The van der Waals surface area contributed by atoms with E-state index in [0.29, 0.717) is 12.0 Å². The Kier molecular flexibility index (Phi) is 3.90. The Bertz CT molecular complexity index is 714. The Morgan fingerprint density at radius 2 is 1.65 bits per heavy atom. The van der Waals surface area contributed by atoms with Crippen LogP contribution in [0.3, 0.4) is 0 Å². The van der Waals surface area contributed by atoms with Crippen LogP contribution < -0.4 is 0 Å². The van der Waals surface area contributed by atoms with Crippen molar-refractivity contribution in [1.29, 1.82) is 0 Å². The van der Waals surface area contributed by atoms with Crippen molar-refractivity contribution in [2.24, 2.45) is 0 Å². The summed E-state index contributed by atoms with van der Waals surface area (Å²) in [5.74, 6) is -0.562. The van der Waals surface area contributed by atoms with Gasteiger partial charge >= 0.3 is 5.97 Å². The van der Waals surface area contributed by atoms with Gasteiger partial charge in [0.25, 0.3) is 5.91 Å². The standard InChI is InChI=1S/C19H19NO3/c1-3-19(2)18(22)23-17(15-12-8-5-9-13-15)20(19)16(21)14-10-6-4-7-11-14/h4-13,17H,3H2,1-2H3/t17?,19-/m0/s1. The van der Waals surface area contributed by atoms with Crippen molar-refractivity contribution in [3.63, 3.8) is 0 Å². The van der Waals surface area contributed by atoms with Crippen molar-refractivity contribution in [2.75, 3.05) is 0 Å². The molecule has 0 radical (unpaired) electrons. The molecule has 2 atom stereocenters. The second-order valence-corrected chi connectivity index (χ2v) is 5.84. The molecule has 1 fully saturated rings. The maximum absolute atomic E-state index is 13.0. The molecule has 1 unspecified atom stereocenters. The number of rotatable bonds is 3. The molecule has 0 bridgehead atoms. The number of esters is 1. The Morgan fingerprint density at radius 3 is 2.22 bits per heavy atom. The molecule has 4 heteroatoms. The minimum Gasteiger partial charge on any atom is -0.435 e. The first-order valence-corrected chi connectivity index (χ1v) is 7.72. The molecule has 0 aromatic heterocycles. The van der Waals surface area contributed by atoms with E-state index in [9.17, 15) is 9.59 Å². The largest absolute Gasteiger partial charge is 0.435 e. The van der Waals surface area contributed by atoms with Crippen LogP contribution in [0.4, 0.5) is 0 Å². The Hall–Kier alpha value is -2.62. The lowest BCUT2D eigenvalue weighted by Gasteiger charge is -2.33. The van der Waals surface area contributed by atoms with Crippen LogP contribution in [-0.4, -0.2) is 22.3 Å². The average Bonchev–Trinajstić information content (AvgIpc) is 2.88. The molecule has 0 saturated carbocycles. The third kappa shape index (κ3) is 2.50. The van der Waals surface area contributed by atoms with Crippen LogP contribution in [0.5, 0.6) is 0 Å². The monoisotopic (exact) mass is 309 g/mol. The first-order valence-electron chi connectivity index (χ1n) is 7.72. The fourth-order valence-corrected chi connectivity index (χ4v) is 2.84. The molecule has 2 aromatic rings. The molecule has 0 aliphatic carbocycles. The molecule has 0 spiro atoms. The summed E-state index contributed by atoms with van der Waals surface area (Å²) in [6.45, 7) is 3.65. The first kappa shape index (κ1) is 15.3. The van der Waals surface area contributed by atoms with Gasteiger partial charge in [-0.15, -0.1) is 0 Å². The van der Waals surface area contributed by atoms with Gasteiger partial charge in [0.15, 0.2) is 0 Å². The lowest BCUT2D eigenvalue weighted by Crippen LogP contribution is -2.49. The quantitative estimate of drug-likeness (QED) is 0.815. The highest BCUT2D eigenvalue weighted by Gasteiger charge is 2.53. The first-order chi connectivity index (χ1) is 11.1. The van der Waals surface area contributed by atoms with Crippen molar-refractivity contribution in [3.8, 4) is 0 Å². The number of hydrogen-bond acceptors (Lipinski definition) is 3. The third-order valence-corrected chi connectivity index (χ3v) is 4.44. The van der Waals surface area contributed by atoms with E-state index in [0.717, 1.165) is 5.56 Å². The number of ether oxygens (including phenoxy) is 1. The van der Waals surface area contributed by atoms with Crippen LogP contribution >= 0.6 is 0 Å². The lowest BCUT2D eigenvalue weighted by molar-refractivity contribution is -0.145. The molecule has 3 rings (SSSR count). The van der Waals surface area contributed by atoms with Crippen LogP contribution in [0.25, 0.3) is 0 Å². The normalized spacial score (nSPS) is 23.7. The molecule has 1 aliphatic heterocycles. The Morgan fingerprint density at radius 1 is 1.09 bits per heavy atom. The van der Waals surface area contributed by atoms with E-state index in [1.54, 1.807) is 24.0 Å². The molecule has 1 amide bonds. The van der Waals surface area contributed by atoms with Gasteiger partial charge in [-0.1, -0.05) is 55.5 Å². The van der Waals surface area contributed by atoms with Gasteiger partial charge in [0, 0.05) is 11.1 Å². The zero-order valence-corrected chi connectivity index (χ0v) is 13.2. The van der Waals surface area contributed by atoms with Crippen molar-refractivity contribution in [3.05, 3.63) is 71.8 Å². The topological polar surface area (TPSA) is 46.6 Å². The smallest absolute Gasteiger partial charge is 0.334 e. The average molecular weight is 309 g/mol. The summed E-state index contributed by atoms with van der Waals surface area (Å²) in [5.41, 5.74) is 0.377. The van der Waals surface area contributed by atoms with Crippen molar-refractivity contribution in [2.45, 2.75) is 32.0 Å². The zero-order chi connectivity index (χ0) is 16.4. The molecule has 4 nitrogen and oxygen atoms in total. The van der Waals surface area contributed by atoms with Crippen molar-refractivity contribution in [1.82, 2.24) is 4.90 Å². The second kappa shape index (κ2) is 5.88. The molecular formula is C19H19NO3. The van der Waals surface area contributed by atoms with E-state index >= 15 is 0 Å². The zero-order valence-electron chi connectivity index (χ0n) is 13.2. The van der Waals surface area contributed by atoms with E-state index in [1.807, 2.05) is 55.5 Å². The molecule has 118 valence electrons. The highest BCUT2D eigenvalue weighted by atomic mass is 16.6. The van der Waals surface area contributed by atoms with Gasteiger partial charge in [0.05, 0.1) is 0 Å². The Balaban J connectivity index is 2.07. The molecule has 0 N–H and O–H groups in total. The fourth-order valence-electron chi connectivity index (χ4n) is 2.84. The summed E-state index contributed by atoms with van der Waals surface area (Å²) < 4.78 is 5.58. The van der Waals surface area contributed by atoms with E-state index in [-0.39, 0.29) is 11.9 Å². The number of carbonyl (C=O) groups excluding carboxylic acids is 2.